The Morgan fingerprint density at radius 2 is 0.914 bits per heavy atom. The molecule has 0 radical (unpaired) electrons. The van der Waals surface area contributed by atoms with Crippen molar-refractivity contribution in [1.29, 1.82) is 0 Å². The molecule has 70 heavy (non-hydrogen) atoms. The van der Waals surface area contributed by atoms with E-state index in [-0.39, 0.29) is 60.1 Å². The van der Waals surface area contributed by atoms with E-state index < -0.39 is 78.5 Å². The SMILES string of the molecule is COC(=O)[C@H](Cc1ccc(O)cc1)NC(=O)[C@@H]1C[C@H](SS[C@H]2C[C@@H](C(=O)N[C@@H](Cc3ccc(O)cc3)C(=O)OC)N(S(=O)(=O)c3ccc4ccccc4c3)C2)CN1S(=O)(=O)c1ccc2ccccc2c1. The maximum absolute atomic E-state index is 14.6. The highest BCUT2D eigenvalue weighted by Crippen LogP contribution is 2.44. The molecule has 366 valence electrons. The molecule has 8 rings (SSSR count). The van der Waals surface area contributed by atoms with Crippen molar-refractivity contribution >= 4 is 86.9 Å². The number of sulfonamides is 2. The number of hydrogen-bond donors (Lipinski definition) is 4. The van der Waals surface area contributed by atoms with Gasteiger partial charge in [0.15, 0.2) is 0 Å². The number of ether oxygens (including phenoxy) is 2. The van der Waals surface area contributed by atoms with E-state index >= 15 is 0 Å². The van der Waals surface area contributed by atoms with Crippen molar-refractivity contribution in [3.05, 3.63) is 145 Å². The molecular formula is C50H50N4O12S4. The van der Waals surface area contributed by atoms with Gasteiger partial charge in [0.1, 0.15) is 35.7 Å². The van der Waals surface area contributed by atoms with Crippen molar-refractivity contribution < 1.29 is 55.7 Å². The van der Waals surface area contributed by atoms with E-state index in [9.17, 15) is 46.2 Å². The Morgan fingerprint density at radius 3 is 1.27 bits per heavy atom. The van der Waals surface area contributed by atoms with Gasteiger partial charge in [0.2, 0.25) is 31.9 Å². The summed E-state index contributed by atoms with van der Waals surface area (Å²) in [5, 5.41) is 27.0. The van der Waals surface area contributed by atoms with E-state index in [2.05, 4.69) is 10.6 Å². The van der Waals surface area contributed by atoms with Crippen molar-refractivity contribution in [2.45, 2.75) is 70.1 Å². The number of hydrogen-bond acceptors (Lipinski definition) is 14. The summed E-state index contributed by atoms with van der Waals surface area (Å²) in [5.41, 5.74) is 1.20. The Labute approximate surface area is 413 Å². The molecule has 6 aromatic carbocycles. The predicted octanol–water partition coefficient (Wildman–Crippen LogP) is 5.55. The van der Waals surface area contributed by atoms with Gasteiger partial charge in [0.25, 0.3) is 0 Å². The summed E-state index contributed by atoms with van der Waals surface area (Å²) in [6.45, 7) is -0.251. The van der Waals surface area contributed by atoms with Gasteiger partial charge in [-0.05, 0) is 94.0 Å². The van der Waals surface area contributed by atoms with E-state index in [4.69, 9.17) is 9.47 Å². The first kappa shape index (κ1) is 50.2. The Hall–Kier alpha value is -6.16. The van der Waals surface area contributed by atoms with Crippen LogP contribution in [-0.4, -0.2) is 121 Å². The smallest absolute Gasteiger partial charge is 0.328 e. The van der Waals surface area contributed by atoms with Gasteiger partial charge in [-0.1, -0.05) is 107 Å². The van der Waals surface area contributed by atoms with Crippen LogP contribution in [0.4, 0.5) is 0 Å². The van der Waals surface area contributed by atoms with E-state index in [1.807, 2.05) is 24.3 Å². The lowest BCUT2D eigenvalue weighted by atomic mass is 10.0. The fourth-order valence-corrected chi connectivity index (χ4v) is 15.3. The first-order valence-corrected chi connectivity index (χ1v) is 27.4. The highest BCUT2D eigenvalue weighted by atomic mass is 33.1. The highest BCUT2D eigenvalue weighted by Gasteiger charge is 2.48. The second kappa shape index (κ2) is 21.5. The molecule has 0 unspecified atom stereocenters. The van der Waals surface area contributed by atoms with Crippen molar-refractivity contribution in [2.24, 2.45) is 0 Å². The number of phenolic OH excluding ortho intramolecular Hbond substituents is 2. The number of rotatable bonds is 17. The van der Waals surface area contributed by atoms with Crippen molar-refractivity contribution in [3.63, 3.8) is 0 Å². The van der Waals surface area contributed by atoms with Gasteiger partial charge in [-0.3, -0.25) is 9.59 Å². The number of nitrogens with zero attached hydrogens (tertiary/aromatic N) is 2. The van der Waals surface area contributed by atoms with Gasteiger partial charge in [-0.2, -0.15) is 8.61 Å². The monoisotopic (exact) mass is 1030 g/mol. The van der Waals surface area contributed by atoms with Crippen LogP contribution in [0.25, 0.3) is 21.5 Å². The number of methoxy groups -OCH3 is 2. The van der Waals surface area contributed by atoms with Crippen molar-refractivity contribution in [1.82, 2.24) is 19.2 Å². The molecule has 2 fully saturated rings. The standard InChI is InChI=1S/C50H50N4O12S4/c1-65-49(59)43(23-31-11-17-37(55)18-12-31)51-47(57)45-27-39(29-53(45)69(61,62)41-21-15-33-7-3-5-9-35(33)25-41)67-68-40-28-46(48(58)52-44(50(60)66-2)24-32-13-19-38(56)20-14-32)54(30-40)70(63,64)42-22-16-34-8-4-6-10-36(34)26-42/h3-22,25-26,39-40,43-46,55-56H,23-24,27-30H2,1-2H3,(H,51,57)(H,52,58)/t39-,40-,43-,44-,45-,46-/m0/s1. The van der Waals surface area contributed by atoms with Gasteiger partial charge < -0.3 is 30.3 Å². The van der Waals surface area contributed by atoms with Crippen LogP contribution >= 0.6 is 21.6 Å². The lowest BCUT2D eigenvalue weighted by Gasteiger charge is -2.25. The number of phenols is 2. The fraction of sp³-hybridized carbons (Fsp3) is 0.280. The summed E-state index contributed by atoms with van der Waals surface area (Å²) >= 11 is 0. The van der Waals surface area contributed by atoms with Crippen LogP contribution in [0.3, 0.4) is 0 Å². The molecule has 2 amide bonds. The Balaban J connectivity index is 1.06. The fourth-order valence-electron chi connectivity index (χ4n) is 8.71. The number of nitrogens with one attached hydrogen (secondary N) is 2. The van der Waals surface area contributed by atoms with Gasteiger partial charge in [0, 0.05) is 36.4 Å². The zero-order valence-corrected chi connectivity index (χ0v) is 41.2. The van der Waals surface area contributed by atoms with E-state index in [0.717, 1.165) is 19.4 Å². The molecule has 6 atom stereocenters. The third-order valence-corrected chi connectivity index (χ3v) is 19.4. The van der Waals surface area contributed by atoms with Crippen molar-refractivity contribution in [3.8, 4) is 11.5 Å². The zero-order valence-electron chi connectivity index (χ0n) is 37.9. The number of benzene rings is 6. The lowest BCUT2D eigenvalue weighted by Crippen LogP contribution is -2.51. The topological polar surface area (TPSA) is 226 Å². The molecular weight excluding hydrogens is 977 g/mol. The van der Waals surface area contributed by atoms with Crippen LogP contribution in [0.2, 0.25) is 0 Å². The molecule has 0 saturated carbocycles. The summed E-state index contributed by atoms with van der Waals surface area (Å²) < 4.78 is 70.8. The van der Waals surface area contributed by atoms with E-state index in [1.165, 1.54) is 72.2 Å². The normalized spacial score (nSPS) is 19.6. The van der Waals surface area contributed by atoms with E-state index in [0.29, 0.717) is 21.9 Å². The first-order chi connectivity index (χ1) is 33.5. The zero-order chi connectivity index (χ0) is 49.7. The minimum atomic E-state index is -4.34. The number of fused-ring (bicyclic) bond motifs is 2. The Kier molecular flexibility index (Phi) is 15.4. The molecule has 0 bridgehead atoms. The van der Waals surface area contributed by atoms with Crippen LogP contribution in [-0.2, 0) is 61.5 Å². The van der Waals surface area contributed by atoms with Gasteiger partial charge in [-0.25, -0.2) is 26.4 Å². The molecule has 6 aromatic rings. The minimum absolute atomic E-state index is 0.00846. The van der Waals surface area contributed by atoms with Crippen LogP contribution < -0.4 is 10.6 Å². The summed E-state index contributed by atoms with van der Waals surface area (Å²) in [6.07, 6.45) is 0.000618. The van der Waals surface area contributed by atoms with Crippen LogP contribution in [0.15, 0.2) is 143 Å². The molecule has 4 N–H and O–H groups in total. The van der Waals surface area contributed by atoms with Gasteiger partial charge >= 0.3 is 11.9 Å². The Morgan fingerprint density at radius 1 is 0.557 bits per heavy atom. The molecule has 16 nitrogen and oxygen atoms in total. The molecule has 20 heteroatoms. The Bertz CT molecular complexity index is 2930. The maximum Gasteiger partial charge on any atom is 0.328 e. The van der Waals surface area contributed by atoms with Crippen LogP contribution in [0.5, 0.6) is 11.5 Å². The molecule has 0 aliphatic carbocycles. The predicted molar refractivity (Wildman–Crippen MR) is 267 cm³/mol. The molecule has 0 spiro atoms. The van der Waals surface area contributed by atoms with Crippen LogP contribution in [0.1, 0.15) is 24.0 Å². The first-order valence-electron chi connectivity index (χ1n) is 22.2. The average Bonchev–Trinajstić information content (AvgIpc) is 4.02. The molecule has 0 aromatic heterocycles. The number of carbonyl (C=O) groups is 4. The van der Waals surface area contributed by atoms with Gasteiger partial charge in [-0.15, -0.1) is 0 Å². The quantitative estimate of drug-likeness (QED) is 0.0650. The molecule has 2 saturated heterocycles. The number of aromatic hydroxyl groups is 2. The van der Waals surface area contributed by atoms with Gasteiger partial charge in [0.05, 0.1) is 24.0 Å². The number of esters is 2. The second-order valence-corrected chi connectivity index (χ2v) is 23.7. The van der Waals surface area contributed by atoms with Crippen LogP contribution in [0, 0.1) is 0 Å². The third-order valence-electron chi connectivity index (χ3n) is 12.4. The highest BCUT2D eigenvalue weighted by molar-refractivity contribution is 8.77. The second-order valence-electron chi connectivity index (χ2n) is 17.0. The summed E-state index contributed by atoms with van der Waals surface area (Å²) in [7, 11) is -3.80. The minimum Gasteiger partial charge on any atom is -0.508 e. The number of amides is 2. The molecule has 2 aliphatic rings. The lowest BCUT2D eigenvalue weighted by molar-refractivity contribution is -0.145. The average molecular weight is 1030 g/mol. The van der Waals surface area contributed by atoms with E-state index in [1.54, 1.807) is 72.8 Å². The largest absolute Gasteiger partial charge is 0.508 e. The van der Waals surface area contributed by atoms with Crippen molar-refractivity contribution in [2.75, 3.05) is 27.3 Å². The number of carbonyl (C=O) groups excluding carboxylic acids is 4. The summed E-state index contributed by atoms with van der Waals surface area (Å²) in [5.74, 6) is -2.96. The maximum atomic E-state index is 14.6. The molecule has 2 heterocycles. The third kappa shape index (κ3) is 11.2. The summed E-state index contributed by atoms with van der Waals surface area (Å²) in [4.78, 5) is 54.8. The summed E-state index contributed by atoms with van der Waals surface area (Å²) in [6, 6.07) is 31.1. The molecule has 2 aliphatic heterocycles.